The molecule has 1 N–H and O–H groups in total. The number of aryl methyl sites for hydroxylation is 2. The van der Waals surface area contributed by atoms with Crippen molar-refractivity contribution in [2.75, 3.05) is 13.1 Å². The van der Waals surface area contributed by atoms with Gasteiger partial charge in [-0.2, -0.15) is 0 Å². The van der Waals surface area contributed by atoms with Crippen molar-refractivity contribution in [3.63, 3.8) is 0 Å². The van der Waals surface area contributed by atoms with Gasteiger partial charge >= 0.3 is 0 Å². The molecule has 82 valence electrons. The van der Waals surface area contributed by atoms with Crippen molar-refractivity contribution in [2.45, 2.75) is 39.0 Å². The highest BCUT2D eigenvalue weighted by Gasteiger charge is 2.29. The smallest absolute Gasteiger partial charge is 0.00405 e. The Morgan fingerprint density at radius 2 is 1.80 bits per heavy atom. The summed E-state index contributed by atoms with van der Waals surface area (Å²) in [6.07, 6.45) is 2.52. The van der Waals surface area contributed by atoms with Crippen LogP contribution in [0.15, 0.2) is 18.2 Å². The molecule has 0 atom stereocenters. The Hall–Kier alpha value is -0.820. The number of nitrogens with one attached hydrogen (secondary N) is 1. The van der Waals surface area contributed by atoms with E-state index >= 15 is 0 Å². The summed E-state index contributed by atoms with van der Waals surface area (Å²) in [5, 5.41) is 3.44. The predicted octanol–water partition coefficient (Wildman–Crippen LogP) is 2.94. The molecule has 1 fully saturated rings. The van der Waals surface area contributed by atoms with Gasteiger partial charge in [-0.3, -0.25) is 0 Å². The fourth-order valence-corrected chi connectivity index (χ4v) is 2.63. The van der Waals surface area contributed by atoms with Gasteiger partial charge in [0.25, 0.3) is 0 Å². The van der Waals surface area contributed by atoms with Gasteiger partial charge in [-0.15, -0.1) is 0 Å². The minimum atomic E-state index is 0.390. The summed E-state index contributed by atoms with van der Waals surface area (Å²) in [4.78, 5) is 0. The average molecular weight is 203 g/mol. The first-order chi connectivity index (χ1) is 7.12. The topological polar surface area (TPSA) is 12.0 Å². The molecule has 0 unspecified atom stereocenters. The van der Waals surface area contributed by atoms with Gasteiger partial charge in [0.1, 0.15) is 0 Å². The standard InChI is InChI=1S/C14H21N/c1-11-4-5-12(2)13(10-11)14(3)6-8-15-9-7-14/h4-5,10,15H,6-9H2,1-3H3. The summed E-state index contributed by atoms with van der Waals surface area (Å²) in [5.74, 6) is 0. The average Bonchev–Trinajstić information content (AvgIpc) is 2.23. The third kappa shape index (κ3) is 2.07. The third-order valence-electron chi connectivity index (χ3n) is 3.75. The Morgan fingerprint density at radius 1 is 1.13 bits per heavy atom. The van der Waals surface area contributed by atoms with Crippen LogP contribution < -0.4 is 5.32 Å². The van der Waals surface area contributed by atoms with Crippen LogP contribution >= 0.6 is 0 Å². The van der Waals surface area contributed by atoms with E-state index in [1.54, 1.807) is 5.56 Å². The second-order valence-electron chi connectivity index (χ2n) is 5.13. The van der Waals surface area contributed by atoms with Gasteiger partial charge < -0.3 is 5.32 Å². The van der Waals surface area contributed by atoms with Crippen LogP contribution in [0.2, 0.25) is 0 Å². The molecule has 1 aromatic carbocycles. The summed E-state index contributed by atoms with van der Waals surface area (Å²) in [6.45, 7) is 9.15. The fraction of sp³-hybridized carbons (Fsp3) is 0.571. The van der Waals surface area contributed by atoms with Crippen molar-refractivity contribution in [2.24, 2.45) is 0 Å². The zero-order valence-corrected chi connectivity index (χ0v) is 10.1. The number of benzene rings is 1. The quantitative estimate of drug-likeness (QED) is 0.740. The van der Waals surface area contributed by atoms with Gasteiger partial charge in [-0.05, 0) is 56.3 Å². The van der Waals surface area contributed by atoms with Crippen molar-refractivity contribution >= 4 is 0 Å². The summed E-state index contributed by atoms with van der Waals surface area (Å²) in [7, 11) is 0. The Balaban J connectivity index is 2.38. The lowest BCUT2D eigenvalue weighted by atomic mass is 9.73. The van der Waals surface area contributed by atoms with Crippen LogP contribution in [-0.4, -0.2) is 13.1 Å². The van der Waals surface area contributed by atoms with Crippen molar-refractivity contribution < 1.29 is 0 Å². The monoisotopic (exact) mass is 203 g/mol. The summed E-state index contributed by atoms with van der Waals surface area (Å²) < 4.78 is 0. The number of hydrogen-bond acceptors (Lipinski definition) is 1. The van der Waals surface area contributed by atoms with E-state index in [2.05, 4.69) is 44.3 Å². The fourth-order valence-electron chi connectivity index (χ4n) is 2.63. The zero-order chi connectivity index (χ0) is 10.9. The molecule has 0 saturated carbocycles. The maximum absolute atomic E-state index is 3.44. The minimum absolute atomic E-state index is 0.390. The maximum Gasteiger partial charge on any atom is -0.00405 e. The lowest BCUT2D eigenvalue weighted by molar-refractivity contribution is 0.334. The molecule has 1 saturated heterocycles. The minimum Gasteiger partial charge on any atom is -0.317 e. The Bertz CT molecular complexity index is 348. The molecule has 2 rings (SSSR count). The van der Waals surface area contributed by atoms with E-state index in [-0.39, 0.29) is 0 Å². The van der Waals surface area contributed by atoms with Crippen molar-refractivity contribution in [1.29, 1.82) is 0 Å². The van der Waals surface area contributed by atoms with Crippen molar-refractivity contribution in [3.05, 3.63) is 34.9 Å². The van der Waals surface area contributed by atoms with Crippen molar-refractivity contribution in [3.8, 4) is 0 Å². The lowest BCUT2D eigenvalue weighted by Gasteiger charge is -2.36. The first-order valence-electron chi connectivity index (χ1n) is 5.90. The maximum atomic E-state index is 3.44. The van der Waals surface area contributed by atoms with Crippen LogP contribution in [0.1, 0.15) is 36.5 Å². The highest BCUT2D eigenvalue weighted by atomic mass is 14.9. The van der Waals surface area contributed by atoms with E-state index in [0.717, 1.165) is 13.1 Å². The molecule has 0 aromatic heterocycles. The van der Waals surface area contributed by atoms with E-state index in [0.29, 0.717) is 5.41 Å². The van der Waals surface area contributed by atoms with Crippen LogP contribution in [0.4, 0.5) is 0 Å². The molecule has 0 spiro atoms. The summed E-state index contributed by atoms with van der Waals surface area (Å²) in [6, 6.07) is 6.85. The first kappa shape index (κ1) is 10.7. The van der Waals surface area contributed by atoms with Crippen LogP contribution in [0, 0.1) is 13.8 Å². The van der Waals surface area contributed by atoms with E-state index in [9.17, 15) is 0 Å². The van der Waals surface area contributed by atoms with Crippen LogP contribution in [0.5, 0.6) is 0 Å². The van der Waals surface area contributed by atoms with Gasteiger partial charge in [0.2, 0.25) is 0 Å². The highest BCUT2D eigenvalue weighted by Crippen LogP contribution is 2.35. The molecule has 1 aromatic rings. The largest absolute Gasteiger partial charge is 0.317 e. The summed E-state index contributed by atoms with van der Waals surface area (Å²) in [5.41, 5.74) is 4.78. The first-order valence-corrected chi connectivity index (χ1v) is 5.90. The van der Waals surface area contributed by atoms with E-state index < -0.39 is 0 Å². The molecule has 0 aliphatic carbocycles. The molecule has 0 amide bonds. The molecule has 15 heavy (non-hydrogen) atoms. The molecule has 1 heteroatoms. The molecule has 1 aliphatic heterocycles. The molecular formula is C14H21N. The normalized spacial score (nSPS) is 20.2. The Kier molecular flexibility index (Phi) is 2.83. The van der Waals surface area contributed by atoms with Crippen LogP contribution in [0.25, 0.3) is 0 Å². The lowest BCUT2D eigenvalue weighted by Crippen LogP contribution is -2.38. The second-order valence-corrected chi connectivity index (χ2v) is 5.13. The van der Waals surface area contributed by atoms with E-state index in [1.807, 2.05) is 0 Å². The molecule has 1 heterocycles. The van der Waals surface area contributed by atoms with Gasteiger partial charge in [0.05, 0.1) is 0 Å². The summed E-state index contributed by atoms with van der Waals surface area (Å²) >= 11 is 0. The van der Waals surface area contributed by atoms with E-state index in [4.69, 9.17) is 0 Å². The number of hydrogen-bond donors (Lipinski definition) is 1. The number of piperidine rings is 1. The molecule has 1 nitrogen and oxygen atoms in total. The second kappa shape index (κ2) is 3.97. The SMILES string of the molecule is Cc1ccc(C)c(C2(C)CCNCC2)c1. The molecule has 0 bridgehead atoms. The highest BCUT2D eigenvalue weighted by molar-refractivity contribution is 5.36. The van der Waals surface area contributed by atoms with Crippen LogP contribution in [-0.2, 0) is 5.41 Å². The third-order valence-corrected chi connectivity index (χ3v) is 3.75. The van der Waals surface area contributed by atoms with Crippen molar-refractivity contribution in [1.82, 2.24) is 5.32 Å². The van der Waals surface area contributed by atoms with E-state index in [1.165, 1.54) is 24.0 Å². The molecule has 1 aliphatic rings. The van der Waals surface area contributed by atoms with Gasteiger partial charge in [0, 0.05) is 0 Å². The molecule has 0 radical (unpaired) electrons. The number of rotatable bonds is 1. The predicted molar refractivity (Wildman–Crippen MR) is 65.4 cm³/mol. The van der Waals surface area contributed by atoms with Gasteiger partial charge in [-0.25, -0.2) is 0 Å². The molecular weight excluding hydrogens is 182 g/mol. The Morgan fingerprint density at radius 3 is 2.47 bits per heavy atom. The van der Waals surface area contributed by atoms with Gasteiger partial charge in [0.15, 0.2) is 0 Å². The van der Waals surface area contributed by atoms with Crippen LogP contribution in [0.3, 0.4) is 0 Å². The Labute approximate surface area is 92.9 Å². The van der Waals surface area contributed by atoms with Gasteiger partial charge in [-0.1, -0.05) is 30.7 Å². The zero-order valence-electron chi connectivity index (χ0n) is 10.1.